The van der Waals surface area contributed by atoms with Gasteiger partial charge in [-0.15, -0.1) is 0 Å². The van der Waals surface area contributed by atoms with Gasteiger partial charge in [0.25, 0.3) is 5.69 Å². The molecule has 1 atom stereocenters. The van der Waals surface area contributed by atoms with Crippen molar-refractivity contribution in [3.63, 3.8) is 0 Å². The Kier molecular flexibility index (Phi) is 4.69. The first kappa shape index (κ1) is 15.2. The van der Waals surface area contributed by atoms with Crippen LogP contribution in [-0.2, 0) is 4.74 Å². The third-order valence-electron chi connectivity index (χ3n) is 3.31. The minimum Gasteiger partial charge on any atom is -0.478 e. The van der Waals surface area contributed by atoms with Crippen LogP contribution in [0.15, 0.2) is 12.1 Å². The molecule has 1 aliphatic rings. The van der Waals surface area contributed by atoms with E-state index in [-0.39, 0.29) is 11.8 Å². The summed E-state index contributed by atoms with van der Waals surface area (Å²) in [6.07, 6.45) is 2.74. The Hall–Kier alpha value is -2.22. The summed E-state index contributed by atoms with van der Waals surface area (Å²) in [6.45, 7) is 0.948. The summed E-state index contributed by atoms with van der Waals surface area (Å²) in [5.74, 6) is -2.60. The summed E-state index contributed by atoms with van der Waals surface area (Å²) in [5.41, 5.74) is -1.12. The number of aromatic carboxylic acids is 1. The van der Waals surface area contributed by atoms with Crippen molar-refractivity contribution in [3.8, 4) is 0 Å². The predicted octanol–water partition coefficient (Wildman–Crippen LogP) is 2.41. The van der Waals surface area contributed by atoms with Gasteiger partial charge in [0.1, 0.15) is 11.5 Å². The maximum atomic E-state index is 13.5. The summed E-state index contributed by atoms with van der Waals surface area (Å²) in [6, 6.07) is 1.56. The van der Waals surface area contributed by atoms with Gasteiger partial charge in [0.15, 0.2) is 0 Å². The van der Waals surface area contributed by atoms with E-state index in [0.717, 1.165) is 25.3 Å². The minimum atomic E-state index is -1.47. The van der Waals surface area contributed by atoms with Gasteiger partial charge in [0.2, 0.25) is 0 Å². The SMILES string of the molecule is O=C(O)c1cc(NCC2CCCCO2)c([N+](=O)[O-])cc1F. The number of anilines is 1. The molecule has 8 heteroatoms. The van der Waals surface area contributed by atoms with Crippen molar-refractivity contribution in [1.82, 2.24) is 0 Å². The molecule has 1 fully saturated rings. The van der Waals surface area contributed by atoms with Crippen molar-refractivity contribution in [2.45, 2.75) is 25.4 Å². The molecule has 0 aliphatic carbocycles. The fourth-order valence-corrected chi connectivity index (χ4v) is 2.21. The Morgan fingerprint density at radius 1 is 1.52 bits per heavy atom. The first-order chi connectivity index (χ1) is 9.99. The molecule has 1 saturated heterocycles. The number of carboxylic acid groups (broad SMARTS) is 1. The van der Waals surface area contributed by atoms with Crippen LogP contribution in [0.3, 0.4) is 0 Å². The van der Waals surface area contributed by atoms with Crippen LogP contribution < -0.4 is 5.32 Å². The predicted molar refractivity (Wildman–Crippen MR) is 72.1 cm³/mol. The molecule has 0 aromatic heterocycles. The number of rotatable bonds is 5. The molecule has 1 aromatic rings. The van der Waals surface area contributed by atoms with Gasteiger partial charge >= 0.3 is 5.97 Å². The molecule has 1 heterocycles. The maximum Gasteiger partial charge on any atom is 0.338 e. The smallest absolute Gasteiger partial charge is 0.338 e. The average Bonchev–Trinajstić information content (AvgIpc) is 2.46. The van der Waals surface area contributed by atoms with Crippen LogP contribution in [0, 0.1) is 15.9 Å². The van der Waals surface area contributed by atoms with Crippen LogP contribution in [0.25, 0.3) is 0 Å². The van der Waals surface area contributed by atoms with Crippen molar-refractivity contribution in [1.29, 1.82) is 0 Å². The number of nitrogens with zero attached hydrogens (tertiary/aromatic N) is 1. The molecule has 0 spiro atoms. The number of halogens is 1. The van der Waals surface area contributed by atoms with Crippen LogP contribution in [0.1, 0.15) is 29.6 Å². The first-order valence-corrected chi connectivity index (χ1v) is 6.55. The van der Waals surface area contributed by atoms with Crippen LogP contribution in [0.2, 0.25) is 0 Å². The van der Waals surface area contributed by atoms with Crippen molar-refractivity contribution in [2.24, 2.45) is 0 Å². The largest absolute Gasteiger partial charge is 0.478 e. The zero-order valence-corrected chi connectivity index (χ0v) is 11.2. The normalized spacial score (nSPS) is 18.2. The fourth-order valence-electron chi connectivity index (χ4n) is 2.21. The lowest BCUT2D eigenvalue weighted by atomic mass is 10.1. The van der Waals surface area contributed by atoms with Gasteiger partial charge in [0.05, 0.1) is 22.7 Å². The van der Waals surface area contributed by atoms with E-state index in [2.05, 4.69) is 5.32 Å². The van der Waals surface area contributed by atoms with Gasteiger partial charge in [-0.3, -0.25) is 10.1 Å². The number of carbonyl (C=O) groups is 1. The van der Waals surface area contributed by atoms with Gasteiger partial charge in [-0.05, 0) is 25.3 Å². The van der Waals surface area contributed by atoms with E-state index in [0.29, 0.717) is 19.2 Å². The standard InChI is InChI=1S/C13H15FN2O5/c14-10-6-12(16(19)20)11(5-9(10)13(17)18)15-7-8-3-1-2-4-21-8/h5-6,8,15H,1-4,7H2,(H,17,18). The lowest BCUT2D eigenvalue weighted by Gasteiger charge is -2.23. The van der Waals surface area contributed by atoms with Gasteiger partial charge in [-0.25, -0.2) is 9.18 Å². The Bertz CT molecular complexity index is 558. The number of carboxylic acids is 1. The lowest BCUT2D eigenvalue weighted by molar-refractivity contribution is -0.384. The second kappa shape index (κ2) is 6.49. The number of nitro benzene ring substituents is 1. The highest BCUT2D eigenvalue weighted by atomic mass is 19.1. The Balaban J connectivity index is 2.20. The maximum absolute atomic E-state index is 13.5. The Labute approximate surface area is 119 Å². The van der Waals surface area contributed by atoms with Crippen molar-refractivity contribution in [3.05, 3.63) is 33.6 Å². The zero-order chi connectivity index (χ0) is 15.4. The van der Waals surface area contributed by atoms with E-state index in [1.54, 1.807) is 0 Å². The Morgan fingerprint density at radius 3 is 2.86 bits per heavy atom. The topological polar surface area (TPSA) is 102 Å². The van der Waals surface area contributed by atoms with Gasteiger partial charge < -0.3 is 15.2 Å². The molecule has 0 saturated carbocycles. The molecule has 1 aromatic carbocycles. The molecule has 7 nitrogen and oxygen atoms in total. The summed E-state index contributed by atoms with van der Waals surface area (Å²) in [4.78, 5) is 21.1. The molecule has 1 aliphatic heterocycles. The summed E-state index contributed by atoms with van der Waals surface area (Å²) in [7, 11) is 0. The lowest BCUT2D eigenvalue weighted by Crippen LogP contribution is -2.27. The third kappa shape index (κ3) is 3.66. The quantitative estimate of drug-likeness (QED) is 0.639. The fraction of sp³-hybridized carbons (Fsp3) is 0.462. The monoisotopic (exact) mass is 298 g/mol. The number of nitrogens with one attached hydrogen (secondary N) is 1. The van der Waals surface area contributed by atoms with Crippen LogP contribution in [0.5, 0.6) is 0 Å². The summed E-state index contributed by atoms with van der Waals surface area (Å²) in [5, 5.41) is 22.6. The number of hydrogen-bond donors (Lipinski definition) is 2. The van der Waals surface area contributed by atoms with Crippen molar-refractivity contribution in [2.75, 3.05) is 18.5 Å². The first-order valence-electron chi connectivity index (χ1n) is 6.55. The molecular formula is C13H15FN2O5. The molecule has 2 N–H and O–H groups in total. The van der Waals surface area contributed by atoms with Crippen LogP contribution in [0.4, 0.5) is 15.8 Å². The summed E-state index contributed by atoms with van der Waals surface area (Å²) >= 11 is 0. The molecule has 1 unspecified atom stereocenters. The number of ether oxygens (including phenoxy) is 1. The second-order valence-corrected chi connectivity index (χ2v) is 4.78. The minimum absolute atomic E-state index is 0.0204. The van der Waals surface area contributed by atoms with Gasteiger partial charge in [0, 0.05) is 13.2 Å². The highest BCUT2D eigenvalue weighted by Gasteiger charge is 2.22. The molecule has 0 amide bonds. The number of hydrogen-bond acceptors (Lipinski definition) is 5. The van der Waals surface area contributed by atoms with Gasteiger partial charge in [-0.1, -0.05) is 0 Å². The number of benzene rings is 1. The highest BCUT2D eigenvalue weighted by Crippen LogP contribution is 2.28. The van der Waals surface area contributed by atoms with Crippen molar-refractivity contribution < 1.29 is 24.0 Å². The highest BCUT2D eigenvalue weighted by molar-refractivity contribution is 5.90. The van der Waals surface area contributed by atoms with Crippen LogP contribution in [-0.4, -0.2) is 35.3 Å². The summed E-state index contributed by atoms with van der Waals surface area (Å²) < 4.78 is 19.0. The average molecular weight is 298 g/mol. The number of nitro groups is 1. The third-order valence-corrected chi connectivity index (χ3v) is 3.31. The van der Waals surface area contributed by atoms with E-state index in [4.69, 9.17) is 9.84 Å². The zero-order valence-electron chi connectivity index (χ0n) is 11.2. The second-order valence-electron chi connectivity index (χ2n) is 4.78. The molecule has 2 rings (SSSR count). The molecule has 0 radical (unpaired) electrons. The van der Waals surface area contributed by atoms with E-state index < -0.39 is 28.0 Å². The molecular weight excluding hydrogens is 283 g/mol. The molecule has 0 bridgehead atoms. The molecule has 21 heavy (non-hydrogen) atoms. The van der Waals surface area contributed by atoms with E-state index >= 15 is 0 Å². The van der Waals surface area contributed by atoms with Gasteiger partial charge in [-0.2, -0.15) is 0 Å². The Morgan fingerprint density at radius 2 is 2.29 bits per heavy atom. The van der Waals surface area contributed by atoms with Crippen molar-refractivity contribution >= 4 is 17.3 Å². The van der Waals surface area contributed by atoms with Crippen LogP contribution >= 0.6 is 0 Å². The molecule has 114 valence electrons. The van der Waals surface area contributed by atoms with E-state index in [9.17, 15) is 19.3 Å². The van der Waals surface area contributed by atoms with E-state index in [1.807, 2.05) is 0 Å². The van der Waals surface area contributed by atoms with E-state index in [1.165, 1.54) is 0 Å².